The average Bonchev–Trinajstić information content (AvgIpc) is 2.70. The first kappa shape index (κ1) is 21.3. The fourth-order valence-electron chi connectivity index (χ4n) is 3.23. The van der Waals surface area contributed by atoms with Gasteiger partial charge in [-0.25, -0.2) is 9.18 Å². The van der Waals surface area contributed by atoms with Crippen molar-refractivity contribution in [3.05, 3.63) is 64.4 Å². The highest BCUT2D eigenvalue weighted by atomic mass is 79.9. The molecule has 1 fully saturated rings. The zero-order valence-electron chi connectivity index (χ0n) is 16.2. The minimum atomic E-state index is -0.341. The molecule has 3 amide bonds. The normalized spacial score (nSPS) is 15.6. The highest BCUT2D eigenvalue weighted by Crippen LogP contribution is 2.23. The number of halogens is 2. The van der Waals surface area contributed by atoms with Gasteiger partial charge in [-0.3, -0.25) is 9.69 Å². The van der Waals surface area contributed by atoms with Crippen LogP contribution in [0.5, 0.6) is 0 Å². The number of anilines is 1. The van der Waals surface area contributed by atoms with Crippen LogP contribution in [0.3, 0.4) is 0 Å². The number of carbonyl (C=O) groups excluding carboxylic acids is 2. The number of urea groups is 1. The maximum absolute atomic E-state index is 12.9. The molecule has 1 atom stereocenters. The van der Waals surface area contributed by atoms with Crippen LogP contribution in [0.25, 0.3) is 0 Å². The van der Waals surface area contributed by atoms with Crippen molar-refractivity contribution in [3.8, 4) is 0 Å². The lowest BCUT2D eigenvalue weighted by Gasteiger charge is -2.35. The smallest absolute Gasteiger partial charge is 0.317 e. The first-order valence-corrected chi connectivity index (χ1v) is 10.3. The van der Waals surface area contributed by atoms with E-state index in [2.05, 4.69) is 26.6 Å². The highest BCUT2D eigenvalue weighted by molar-refractivity contribution is 9.10. The number of carbonyl (C=O) groups is 2. The van der Waals surface area contributed by atoms with Gasteiger partial charge in [0.15, 0.2) is 0 Å². The molecule has 2 N–H and O–H groups in total. The minimum absolute atomic E-state index is 0.108. The Kier molecular flexibility index (Phi) is 7.22. The summed E-state index contributed by atoms with van der Waals surface area (Å²) in [5.41, 5.74) is 1.59. The van der Waals surface area contributed by atoms with E-state index in [9.17, 15) is 14.0 Å². The van der Waals surface area contributed by atoms with Crippen LogP contribution in [0.15, 0.2) is 53.0 Å². The third-order valence-corrected chi connectivity index (χ3v) is 5.59. The first-order chi connectivity index (χ1) is 13.9. The number of nitrogens with one attached hydrogen (secondary N) is 2. The molecule has 6 nitrogen and oxygen atoms in total. The van der Waals surface area contributed by atoms with E-state index >= 15 is 0 Å². The molecule has 1 saturated heterocycles. The van der Waals surface area contributed by atoms with Gasteiger partial charge in [0, 0.05) is 36.3 Å². The third-order valence-electron chi connectivity index (χ3n) is 4.87. The van der Waals surface area contributed by atoms with Gasteiger partial charge in [0.2, 0.25) is 5.91 Å². The van der Waals surface area contributed by atoms with E-state index in [4.69, 9.17) is 0 Å². The Morgan fingerprint density at radius 2 is 1.72 bits per heavy atom. The number of hydrogen-bond acceptors (Lipinski definition) is 3. The van der Waals surface area contributed by atoms with Crippen LogP contribution in [-0.2, 0) is 4.79 Å². The van der Waals surface area contributed by atoms with Crippen molar-refractivity contribution in [2.45, 2.75) is 13.0 Å². The van der Waals surface area contributed by atoms with Gasteiger partial charge in [-0.15, -0.1) is 0 Å². The zero-order chi connectivity index (χ0) is 20.8. The number of amides is 3. The van der Waals surface area contributed by atoms with Crippen molar-refractivity contribution in [1.82, 2.24) is 15.1 Å². The summed E-state index contributed by atoms with van der Waals surface area (Å²) < 4.78 is 13.9. The molecule has 3 rings (SSSR count). The first-order valence-electron chi connectivity index (χ1n) is 9.50. The van der Waals surface area contributed by atoms with Gasteiger partial charge in [0.05, 0.1) is 12.6 Å². The zero-order valence-corrected chi connectivity index (χ0v) is 17.8. The lowest BCUT2D eigenvalue weighted by Crippen LogP contribution is -2.53. The van der Waals surface area contributed by atoms with E-state index in [1.54, 1.807) is 4.90 Å². The Morgan fingerprint density at radius 1 is 1.07 bits per heavy atom. The molecule has 154 valence electrons. The molecule has 0 unspecified atom stereocenters. The van der Waals surface area contributed by atoms with Crippen LogP contribution in [0.4, 0.5) is 14.9 Å². The predicted octanol–water partition coefficient (Wildman–Crippen LogP) is 3.62. The van der Waals surface area contributed by atoms with E-state index in [1.807, 2.05) is 36.1 Å². The minimum Gasteiger partial charge on any atom is -0.331 e. The molecule has 0 radical (unpaired) electrons. The second kappa shape index (κ2) is 9.84. The van der Waals surface area contributed by atoms with Crippen molar-refractivity contribution in [2.24, 2.45) is 0 Å². The monoisotopic (exact) mass is 462 g/mol. The maximum Gasteiger partial charge on any atom is 0.317 e. The van der Waals surface area contributed by atoms with E-state index in [1.165, 1.54) is 24.3 Å². The number of nitrogens with zero attached hydrogens (tertiary/aromatic N) is 2. The Hall–Kier alpha value is -2.45. The summed E-state index contributed by atoms with van der Waals surface area (Å²) in [6.07, 6.45) is 0. The molecular weight excluding hydrogens is 439 g/mol. The van der Waals surface area contributed by atoms with Gasteiger partial charge in [0.1, 0.15) is 5.82 Å². The Labute approximate surface area is 178 Å². The van der Waals surface area contributed by atoms with Gasteiger partial charge < -0.3 is 15.5 Å². The summed E-state index contributed by atoms with van der Waals surface area (Å²) in [6.45, 7) is 4.53. The van der Waals surface area contributed by atoms with E-state index < -0.39 is 0 Å². The van der Waals surface area contributed by atoms with Gasteiger partial charge in [-0.05, 0) is 42.8 Å². The maximum atomic E-state index is 12.9. The lowest BCUT2D eigenvalue weighted by molar-refractivity contribution is -0.117. The van der Waals surface area contributed by atoms with Crippen LogP contribution in [-0.4, -0.2) is 54.5 Å². The molecule has 1 heterocycles. The summed E-state index contributed by atoms with van der Waals surface area (Å²) in [7, 11) is 0. The summed E-state index contributed by atoms with van der Waals surface area (Å²) in [4.78, 5) is 28.5. The quantitative estimate of drug-likeness (QED) is 0.712. The molecule has 0 aliphatic carbocycles. The lowest BCUT2D eigenvalue weighted by atomic mass is 10.1. The molecule has 0 saturated carbocycles. The Morgan fingerprint density at radius 3 is 2.38 bits per heavy atom. The number of hydrogen-bond donors (Lipinski definition) is 2. The molecule has 0 bridgehead atoms. The molecule has 8 heteroatoms. The van der Waals surface area contributed by atoms with Gasteiger partial charge in [-0.1, -0.05) is 34.1 Å². The fourth-order valence-corrected chi connectivity index (χ4v) is 3.85. The Bertz CT molecular complexity index is 854. The standard InChI is InChI=1S/C21H24BrFN4O2/c1-15(18-4-2-3-5-19(18)22)24-21(29)27-12-10-26(11-13-27)14-20(28)25-17-8-6-16(23)7-9-17/h2-9,15H,10-14H2,1H3,(H,24,29)(H,25,28)/t15-/m0/s1. The van der Waals surface area contributed by atoms with Crippen molar-refractivity contribution in [2.75, 3.05) is 38.0 Å². The predicted molar refractivity (Wildman–Crippen MR) is 114 cm³/mol. The van der Waals surface area contributed by atoms with E-state index in [0.717, 1.165) is 10.0 Å². The van der Waals surface area contributed by atoms with Crippen LogP contribution < -0.4 is 10.6 Å². The second-order valence-corrected chi connectivity index (χ2v) is 7.87. The van der Waals surface area contributed by atoms with Crippen molar-refractivity contribution in [1.29, 1.82) is 0 Å². The molecular formula is C21H24BrFN4O2. The SMILES string of the molecule is C[C@H](NC(=O)N1CCN(CC(=O)Nc2ccc(F)cc2)CC1)c1ccccc1Br. The number of benzene rings is 2. The molecule has 0 aromatic heterocycles. The molecule has 1 aliphatic rings. The van der Waals surface area contributed by atoms with Crippen LogP contribution in [0.1, 0.15) is 18.5 Å². The molecule has 0 spiro atoms. The fraction of sp³-hybridized carbons (Fsp3) is 0.333. The summed E-state index contributed by atoms with van der Waals surface area (Å²) >= 11 is 3.51. The topological polar surface area (TPSA) is 64.7 Å². The van der Waals surface area contributed by atoms with Crippen molar-refractivity contribution in [3.63, 3.8) is 0 Å². The van der Waals surface area contributed by atoms with E-state index in [0.29, 0.717) is 31.9 Å². The van der Waals surface area contributed by atoms with Crippen molar-refractivity contribution >= 4 is 33.6 Å². The molecule has 2 aromatic rings. The van der Waals surface area contributed by atoms with E-state index in [-0.39, 0.29) is 30.3 Å². The second-order valence-electron chi connectivity index (χ2n) is 7.01. The summed E-state index contributed by atoms with van der Waals surface area (Å²) in [6, 6.07) is 13.3. The van der Waals surface area contributed by atoms with Crippen LogP contribution in [0.2, 0.25) is 0 Å². The molecule has 1 aliphatic heterocycles. The highest BCUT2D eigenvalue weighted by Gasteiger charge is 2.24. The largest absolute Gasteiger partial charge is 0.331 e. The summed E-state index contributed by atoms with van der Waals surface area (Å²) in [5, 5.41) is 5.78. The number of piperazine rings is 1. The third kappa shape index (κ3) is 6.01. The van der Waals surface area contributed by atoms with Crippen molar-refractivity contribution < 1.29 is 14.0 Å². The Balaban J connectivity index is 1.43. The molecule has 29 heavy (non-hydrogen) atoms. The van der Waals surface area contributed by atoms with Crippen LogP contribution in [0, 0.1) is 5.82 Å². The van der Waals surface area contributed by atoms with Crippen LogP contribution >= 0.6 is 15.9 Å². The molecule has 2 aromatic carbocycles. The van der Waals surface area contributed by atoms with Gasteiger partial charge in [0.25, 0.3) is 0 Å². The van der Waals surface area contributed by atoms with Gasteiger partial charge in [-0.2, -0.15) is 0 Å². The van der Waals surface area contributed by atoms with Gasteiger partial charge >= 0.3 is 6.03 Å². The number of rotatable bonds is 5. The average molecular weight is 463 g/mol. The summed E-state index contributed by atoms with van der Waals surface area (Å²) in [5.74, 6) is -0.497.